The van der Waals surface area contributed by atoms with Crippen LogP contribution in [0.2, 0.25) is 0 Å². The van der Waals surface area contributed by atoms with Crippen LogP contribution in [-0.2, 0) is 14.3 Å². The van der Waals surface area contributed by atoms with Crippen LogP contribution in [0.25, 0.3) is 0 Å². The maximum Gasteiger partial charge on any atom is 0.306 e. The predicted octanol–water partition coefficient (Wildman–Crippen LogP) is 0.513. The highest BCUT2D eigenvalue weighted by Gasteiger charge is 2.11. The summed E-state index contributed by atoms with van der Waals surface area (Å²) < 4.78 is 9.86. The summed E-state index contributed by atoms with van der Waals surface area (Å²) in [6.07, 6.45) is -0.315. The van der Waals surface area contributed by atoms with Crippen LogP contribution in [0.1, 0.15) is 13.3 Å². The molecule has 0 fully saturated rings. The lowest BCUT2D eigenvalue weighted by molar-refractivity contribution is -0.141. The zero-order valence-electron chi connectivity index (χ0n) is 6.87. The van der Waals surface area contributed by atoms with Gasteiger partial charge in [-0.2, -0.15) is 0 Å². The lowest BCUT2D eigenvalue weighted by Gasteiger charge is -2.12. The Bertz CT molecular complexity index is 107. The standard InChI is InChI=1S/C7H14O4/c1-3-11-6(5-10-2)4-7(8)9/h6H,3-5H2,1-2H3,(H,8,9). The van der Waals surface area contributed by atoms with Gasteiger partial charge in [-0.1, -0.05) is 0 Å². The zero-order chi connectivity index (χ0) is 8.69. The number of rotatable bonds is 6. The zero-order valence-corrected chi connectivity index (χ0v) is 6.87. The van der Waals surface area contributed by atoms with Gasteiger partial charge in [-0.15, -0.1) is 0 Å². The molecule has 11 heavy (non-hydrogen) atoms. The van der Waals surface area contributed by atoms with Crippen LogP contribution in [0.3, 0.4) is 0 Å². The maximum absolute atomic E-state index is 10.2. The summed E-state index contributed by atoms with van der Waals surface area (Å²) in [5.41, 5.74) is 0. The van der Waals surface area contributed by atoms with Gasteiger partial charge in [-0.3, -0.25) is 4.79 Å². The van der Waals surface area contributed by atoms with E-state index in [1.165, 1.54) is 7.11 Å². The summed E-state index contributed by atoms with van der Waals surface area (Å²) in [6.45, 7) is 2.67. The minimum absolute atomic E-state index is 0.00167. The molecule has 0 heterocycles. The lowest BCUT2D eigenvalue weighted by atomic mass is 10.3. The number of carboxylic acid groups (broad SMARTS) is 1. The number of carboxylic acids is 1. The van der Waals surface area contributed by atoms with E-state index in [1.54, 1.807) is 0 Å². The molecule has 0 aliphatic heterocycles. The second-order valence-corrected chi connectivity index (χ2v) is 2.13. The van der Waals surface area contributed by atoms with E-state index in [0.29, 0.717) is 13.2 Å². The number of aliphatic carboxylic acids is 1. The van der Waals surface area contributed by atoms with E-state index in [2.05, 4.69) is 0 Å². The quantitative estimate of drug-likeness (QED) is 0.618. The van der Waals surface area contributed by atoms with Crippen molar-refractivity contribution in [3.63, 3.8) is 0 Å². The molecule has 0 aromatic rings. The van der Waals surface area contributed by atoms with Gasteiger partial charge in [0.05, 0.1) is 19.1 Å². The highest BCUT2D eigenvalue weighted by molar-refractivity contribution is 5.67. The molecule has 0 bridgehead atoms. The highest BCUT2D eigenvalue weighted by Crippen LogP contribution is 1.98. The van der Waals surface area contributed by atoms with Gasteiger partial charge in [-0.05, 0) is 6.92 Å². The predicted molar refractivity (Wildman–Crippen MR) is 39.5 cm³/mol. The Morgan fingerprint density at radius 3 is 2.64 bits per heavy atom. The first kappa shape index (κ1) is 10.4. The molecule has 0 saturated carbocycles. The van der Waals surface area contributed by atoms with Crippen molar-refractivity contribution in [2.45, 2.75) is 19.4 Å². The first-order valence-electron chi connectivity index (χ1n) is 3.53. The Labute approximate surface area is 66.1 Å². The average molecular weight is 162 g/mol. The fraction of sp³-hybridized carbons (Fsp3) is 0.857. The molecule has 4 nitrogen and oxygen atoms in total. The van der Waals surface area contributed by atoms with Crippen molar-refractivity contribution in [3.8, 4) is 0 Å². The second kappa shape index (κ2) is 6.12. The molecule has 0 aliphatic carbocycles. The molecule has 0 aromatic carbocycles. The molecule has 0 saturated heterocycles. The van der Waals surface area contributed by atoms with Crippen LogP contribution >= 0.6 is 0 Å². The van der Waals surface area contributed by atoms with E-state index in [9.17, 15) is 4.79 Å². The van der Waals surface area contributed by atoms with Crippen molar-refractivity contribution in [1.29, 1.82) is 0 Å². The molecule has 1 N–H and O–H groups in total. The smallest absolute Gasteiger partial charge is 0.306 e. The molecule has 0 amide bonds. The molecule has 0 aliphatic rings. The summed E-state index contributed by atoms with van der Waals surface area (Å²) >= 11 is 0. The number of ether oxygens (including phenoxy) is 2. The fourth-order valence-electron chi connectivity index (χ4n) is 0.782. The van der Waals surface area contributed by atoms with Crippen molar-refractivity contribution in [1.82, 2.24) is 0 Å². The van der Waals surface area contributed by atoms with Gasteiger partial charge in [0.2, 0.25) is 0 Å². The van der Waals surface area contributed by atoms with Gasteiger partial charge < -0.3 is 14.6 Å². The van der Waals surface area contributed by atoms with Crippen LogP contribution in [0.15, 0.2) is 0 Å². The number of methoxy groups -OCH3 is 1. The number of hydrogen-bond acceptors (Lipinski definition) is 3. The van der Waals surface area contributed by atoms with E-state index in [0.717, 1.165) is 0 Å². The Morgan fingerprint density at radius 1 is 1.64 bits per heavy atom. The van der Waals surface area contributed by atoms with Crippen LogP contribution in [0.4, 0.5) is 0 Å². The lowest BCUT2D eigenvalue weighted by Crippen LogP contribution is -2.22. The molecule has 1 atom stereocenters. The van der Waals surface area contributed by atoms with E-state index < -0.39 is 5.97 Å². The normalized spacial score (nSPS) is 12.9. The first-order chi connectivity index (χ1) is 5.20. The third-order valence-corrected chi connectivity index (χ3v) is 1.16. The third-order valence-electron chi connectivity index (χ3n) is 1.16. The van der Waals surface area contributed by atoms with Crippen molar-refractivity contribution in [2.75, 3.05) is 20.3 Å². The highest BCUT2D eigenvalue weighted by atomic mass is 16.5. The Hall–Kier alpha value is -0.610. The van der Waals surface area contributed by atoms with Gasteiger partial charge in [0, 0.05) is 13.7 Å². The van der Waals surface area contributed by atoms with Crippen molar-refractivity contribution < 1.29 is 19.4 Å². The molecule has 0 aromatic heterocycles. The van der Waals surface area contributed by atoms with Crippen LogP contribution in [0, 0.1) is 0 Å². The molecule has 0 radical (unpaired) electrons. The summed E-state index contributed by atoms with van der Waals surface area (Å²) in [5.74, 6) is -0.861. The average Bonchev–Trinajstić information content (AvgIpc) is 1.87. The SMILES string of the molecule is CCOC(COC)CC(=O)O. The van der Waals surface area contributed by atoms with Crippen LogP contribution in [0.5, 0.6) is 0 Å². The van der Waals surface area contributed by atoms with Gasteiger partial charge >= 0.3 is 5.97 Å². The number of carbonyl (C=O) groups is 1. The molecule has 0 spiro atoms. The molecular weight excluding hydrogens is 148 g/mol. The second-order valence-electron chi connectivity index (χ2n) is 2.13. The van der Waals surface area contributed by atoms with Gasteiger partial charge in [0.25, 0.3) is 0 Å². The van der Waals surface area contributed by atoms with E-state index in [4.69, 9.17) is 14.6 Å². The largest absolute Gasteiger partial charge is 0.481 e. The fourth-order valence-corrected chi connectivity index (χ4v) is 0.782. The summed E-state index contributed by atoms with van der Waals surface area (Å²) in [5, 5.41) is 8.40. The third kappa shape index (κ3) is 5.82. The van der Waals surface area contributed by atoms with Gasteiger partial charge in [0.1, 0.15) is 0 Å². The van der Waals surface area contributed by atoms with Crippen LogP contribution in [-0.4, -0.2) is 37.5 Å². The molecule has 4 heteroatoms. The van der Waals surface area contributed by atoms with Crippen molar-refractivity contribution >= 4 is 5.97 Å². The number of hydrogen-bond donors (Lipinski definition) is 1. The van der Waals surface area contributed by atoms with E-state index in [1.807, 2.05) is 6.92 Å². The van der Waals surface area contributed by atoms with Crippen molar-refractivity contribution in [3.05, 3.63) is 0 Å². The summed E-state index contributed by atoms with van der Waals surface area (Å²) in [6, 6.07) is 0. The summed E-state index contributed by atoms with van der Waals surface area (Å²) in [4.78, 5) is 10.2. The van der Waals surface area contributed by atoms with Crippen LogP contribution < -0.4 is 0 Å². The molecular formula is C7H14O4. The molecule has 1 unspecified atom stereocenters. The van der Waals surface area contributed by atoms with E-state index in [-0.39, 0.29) is 12.5 Å². The minimum Gasteiger partial charge on any atom is -0.481 e. The first-order valence-corrected chi connectivity index (χ1v) is 3.53. The van der Waals surface area contributed by atoms with Gasteiger partial charge in [0.15, 0.2) is 0 Å². The summed E-state index contributed by atoms with van der Waals surface area (Å²) in [7, 11) is 1.52. The minimum atomic E-state index is -0.861. The monoisotopic (exact) mass is 162 g/mol. The maximum atomic E-state index is 10.2. The Morgan fingerprint density at radius 2 is 2.27 bits per heavy atom. The van der Waals surface area contributed by atoms with E-state index >= 15 is 0 Å². The Balaban J connectivity index is 3.59. The Kier molecular flexibility index (Phi) is 5.78. The topological polar surface area (TPSA) is 55.8 Å². The van der Waals surface area contributed by atoms with Crippen molar-refractivity contribution in [2.24, 2.45) is 0 Å². The molecule has 0 rings (SSSR count). The van der Waals surface area contributed by atoms with Gasteiger partial charge in [-0.25, -0.2) is 0 Å². The molecule has 66 valence electrons.